The number of hydrogen-bond donors (Lipinski definition) is 2. The standard InChI is InChI=1S/C14H17N2O3PS/c15-20(16,21)18-11-10-17-12-6-8-14(9-7-12)19-13-4-2-1-3-5-13/h1-9H,10-11H2,(H4,15,16,21). The van der Waals surface area contributed by atoms with Gasteiger partial charge in [-0.1, -0.05) is 18.2 Å². The van der Waals surface area contributed by atoms with Gasteiger partial charge in [0.05, 0.1) is 6.61 Å². The van der Waals surface area contributed by atoms with E-state index in [1.807, 2.05) is 54.6 Å². The first kappa shape index (κ1) is 15.9. The molecular formula is C14H17N2O3PS. The fourth-order valence-electron chi connectivity index (χ4n) is 1.57. The molecule has 0 spiro atoms. The number of benzene rings is 2. The van der Waals surface area contributed by atoms with Gasteiger partial charge in [-0.2, -0.15) is 0 Å². The lowest BCUT2D eigenvalue weighted by atomic mass is 10.3. The van der Waals surface area contributed by atoms with E-state index >= 15 is 0 Å². The number of ether oxygens (including phenoxy) is 2. The molecule has 7 heteroatoms. The Kier molecular flexibility index (Phi) is 5.73. The van der Waals surface area contributed by atoms with Crippen LogP contribution in [0.5, 0.6) is 17.2 Å². The van der Waals surface area contributed by atoms with Gasteiger partial charge in [0.25, 0.3) is 0 Å². The lowest BCUT2D eigenvalue weighted by Gasteiger charge is -2.12. The summed E-state index contributed by atoms with van der Waals surface area (Å²) in [5, 5.41) is 0. The van der Waals surface area contributed by atoms with Gasteiger partial charge in [0.1, 0.15) is 23.9 Å². The summed E-state index contributed by atoms with van der Waals surface area (Å²) < 4.78 is 16.3. The van der Waals surface area contributed by atoms with Crippen molar-refractivity contribution in [1.29, 1.82) is 0 Å². The monoisotopic (exact) mass is 324 g/mol. The predicted molar refractivity (Wildman–Crippen MR) is 87.1 cm³/mol. The van der Waals surface area contributed by atoms with E-state index in [0.717, 1.165) is 11.5 Å². The highest BCUT2D eigenvalue weighted by atomic mass is 32.4. The van der Waals surface area contributed by atoms with Crippen molar-refractivity contribution in [3.63, 3.8) is 0 Å². The molecule has 0 aliphatic heterocycles. The summed E-state index contributed by atoms with van der Waals surface area (Å²) in [7, 11) is 0. The van der Waals surface area contributed by atoms with Crippen LogP contribution >= 0.6 is 6.57 Å². The van der Waals surface area contributed by atoms with Crippen molar-refractivity contribution < 1.29 is 14.0 Å². The molecule has 0 radical (unpaired) electrons. The van der Waals surface area contributed by atoms with Crippen molar-refractivity contribution in [1.82, 2.24) is 0 Å². The molecule has 0 aliphatic carbocycles. The van der Waals surface area contributed by atoms with Gasteiger partial charge < -0.3 is 14.0 Å². The first-order valence-electron chi connectivity index (χ1n) is 6.30. The molecule has 112 valence electrons. The van der Waals surface area contributed by atoms with E-state index in [-0.39, 0.29) is 6.61 Å². The van der Waals surface area contributed by atoms with E-state index in [1.54, 1.807) is 0 Å². The molecule has 0 aliphatic rings. The molecule has 0 unspecified atom stereocenters. The molecule has 0 aromatic heterocycles. The average Bonchev–Trinajstić information content (AvgIpc) is 2.45. The number of hydrogen-bond acceptors (Lipinski definition) is 4. The highest BCUT2D eigenvalue weighted by molar-refractivity contribution is 8.10. The lowest BCUT2D eigenvalue weighted by molar-refractivity contribution is 0.230. The van der Waals surface area contributed by atoms with Crippen LogP contribution in [0.25, 0.3) is 0 Å². The molecule has 0 fully saturated rings. The fraction of sp³-hybridized carbons (Fsp3) is 0.143. The first-order valence-corrected chi connectivity index (χ1v) is 9.16. The van der Waals surface area contributed by atoms with Crippen LogP contribution in [0.1, 0.15) is 0 Å². The second-order valence-corrected chi connectivity index (χ2v) is 7.47. The molecule has 2 aromatic rings. The molecule has 2 aromatic carbocycles. The summed E-state index contributed by atoms with van der Waals surface area (Å²) in [6.07, 6.45) is 0. The van der Waals surface area contributed by atoms with E-state index in [9.17, 15) is 0 Å². The molecule has 0 saturated heterocycles. The van der Waals surface area contributed by atoms with E-state index < -0.39 is 6.57 Å². The van der Waals surface area contributed by atoms with Gasteiger partial charge in [-0.15, -0.1) is 0 Å². The SMILES string of the molecule is NP(N)(=S)OCCOc1ccc(Oc2ccccc2)cc1. The van der Waals surface area contributed by atoms with Crippen LogP contribution in [0.3, 0.4) is 0 Å². The Labute approximate surface area is 129 Å². The summed E-state index contributed by atoms with van der Waals surface area (Å²) in [6, 6.07) is 16.9. The van der Waals surface area contributed by atoms with Crippen LogP contribution in [0, 0.1) is 0 Å². The zero-order chi connectivity index (χ0) is 15.1. The minimum atomic E-state index is -2.60. The molecule has 4 N–H and O–H groups in total. The van der Waals surface area contributed by atoms with Crippen LogP contribution in [0.2, 0.25) is 0 Å². The quantitative estimate of drug-likeness (QED) is 0.602. The molecular weight excluding hydrogens is 307 g/mol. The normalized spacial score (nSPS) is 11.1. The Morgan fingerprint density at radius 3 is 2.00 bits per heavy atom. The smallest absolute Gasteiger partial charge is 0.192 e. The molecule has 0 atom stereocenters. The number of rotatable bonds is 7. The maximum Gasteiger partial charge on any atom is 0.192 e. The van der Waals surface area contributed by atoms with Gasteiger partial charge in [-0.25, -0.2) is 0 Å². The van der Waals surface area contributed by atoms with Gasteiger partial charge in [0, 0.05) is 0 Å². The minimum Gasteiger partial charge on any atom is -0.491 e. The van der Waals surface area contributed by atoms with E-state index in [1.165, 1.54) is 0 Å². The zero-order valence-electron chi connectivity index (χ0n) is 11.3. The van der Waals surface area contributed by atoms with Crippen LogP contribution < -0.4 is 20.5 Å². The molecule has 0 heterocycles. The van der Waals surface area contributed by atoms with Gasteiger partial charge >= 0.3 is 0 Å². The highest BCUT2D eigenvalue weighted by Crippen LogP contribution is 2.26. The third-order valence-electron chi connectivity index (χ3n) is 2.45. The van der Waals surface area contributed by atoms with Crippen molar-refractivity contribution in [2.24, 2.45) is 11.0 Å². The summed E-state index contributed by atoms with van der Waals surface area (Å²) in [4.78, 5) is 0. The van der Waals surface area contributed by atoms with Gasteiger partial charge in [-0.3, -0.25) is 11.0 Å². The maximum absolute atomic E-state index is 5.68. The molecule has 2 rings (SSSR count). The Morgan fingerprint density at radius 2 is 1.38 bits per heavy atom. The van der Waals surface area contributed by atoms with Crippen molar-refractivity contribution in [3.8, 4) is 17.2 Å². The summed E-state index contributed by atoms with van der Waals surface area (Å²) >= 11 is 4.77. The minimum absolute atomic E-state index is 0.270. The van der Waals surface area contributed by atoms with Crippen molar-refractivity contribution >= 4 is 18.4 Å². The van der Waals surface area contributed by atoms with E-state index in [0.29, 0.717) is 12.4 Å². The highest BCUT2D eigenvalue weighted by Gasteiger charge is 2.03. The summed E-state index contributed by atoms with van der Waals surface area (Å²) in [5.41, 5.74) is 10.8. The Bertz CT molecular complexity index is 601. The zero-order valence-corrected chi connectivity index (χ0v) is 13.1. The van der Waals surface area contributed by atoms with Crippen LogP contribution in [-0.2, 0) is 16.3 Å². The van der Waals surface area contributed by atoms with Crippen LogP contribution in [-0.4, -0.2) is 13.2 Å². The molecule has 0 amide bonds. The van der Waals surface area contributed by atoms with Crippen molar-refractivity contribution in [2.75, 3.05) is 13.2 Å². The Hall–Kier alpha value is -1.43. The van der Waals surface area contributed by atoms with Crippen molar-refractivity contribution in [2.45, 2.75) is 0 Å². The summed E-state index contributed by atoms with van der Waals surface area (Å²) in [5.74, 6) is 2.24. The second-order valence-electron chi connectivity index (χ2n) is 4.21. The Balaban J connectivity index is 1.81. The molecule has 0 bridgehead atoms. The summed E-state index contributed by atoms with van der Waals surface area (Å²) in [6.45, 7) is -1.99. The second kappa shape index (κ2) is 7.54. The van der Waals surface area contributed by atoms with Crippen LogP contribution in [0.15, 0.2) is 54.6 Å². The third kappa shape index (κ3) is 6.25. The molecule has 5 nitrogen and oxygen atoms in total. The largest absolute Gasteiger partial charge is 0.491 e. The topological polar surface area (TPSA) is 79.7 Å². The number of nitrogens with two attached hydrogens (primary N) is 2. The maximum atomic E-state index is 5.68. The van der Waals surface area contributed by atoms with E-state index in [2.05, 4.69) is 0 Å². The number of para-hydroxylation sites is 1. The van der Waals surface area contributed by atoms with Gasteiger partial charge in [0.15, 0.2) is 6.57 Å². The predicted octanol–water partition coefficient (Wildman–Crippen LogP) is 3.02. The lowest BCUT2D eigenvalue weighted by Crippen LogP contribution is -2.12. The van der Waals surface area contributed by atoms with Gasteiger partial charge in [-0.05, 0) is 48.2 Å². The van der Waals surface area contributed by atoms with E-state index in [4.69, 9.17) is 36.8 Å². The Morgan fingerprint density at radius 1 is 0.810 bits per heavy atom. The third-order valence-corrected chi connectivity index (χ3v) is 3.35. The van der Waals surface area contributed by atoms with Crippen molar-refractivity contribution in [3.05, 3.63) is 54.6 Å². The first-order chi connectivity index (χ1) is 10.0. The average molecular weight is 324 g/mol. The molecule has 21 heavy (non-hydrogen) atoms. The molecule has 0 saturated carbocycles. The fourth-order valence-corrected chi connectivity index (χ4v) is 2.15. The van der Waals surface area contributed by atoms with Gasteiger partial charge in [0.2, 0.25) is 0 Å². The van der Waals surface area contributed by atoms with Crippen LogP contribution in [0.4, 0.5) is 0 Å².